The molecule has 0 atom stereocenters. The normalized spacial score (nSPS) is 10.6. The fourth-order valence-corrected chi connectivity index (χ4v) is 2.40. The van der Waals surface area contributed by atoms with Crippen LogP contribution >= 0.6 is 0 Å². The molecule has 8 nitrogen and oxygen atoms in total. The summed E-state index contributed by atoms with van der Waals surface area (Å²) >= 11 is 0. The Morgan fingerprint density at radius 1 is 1.36 bits per heavy atom. The molecule has 1 amide bonds. The maximum Gasteiger partial charge on any atom is 0.255 e. The summed E-state index contributed by atoms with van der Waals surface area (Å²) in [6, 6.07) is 5.05. The van der Waals surface area contributed by atoms with Crippen molar-refractivity contribution in [1.29, 1.82) is 0 Å². The molecule has 0 fully saturated rings. The van der Waals surface area contributed by atoms with Crippen molar-refractivity contribution in [2.45, 2.75) is 6.54 Å². The van der Waals surface area contributed by atoms with Gasteiger partial charge < -0.3 is 20.5 Å². The van der Waals surface area contributed by atoms with E-state index in [1.807, 2.05) is 4.40 Å². The van der Waals surface area contributed by atoms with Crippen LogP contribution in [0.1, 0.15) is 16.1 Å². The number of carbonyl (C=O) groups excluding carboxylic acids is 1. The summed E-state index contributed by atoms with van der Waals surface area (Å²) in [6.07, 6.45) is 6.83. The number of imidazole rings is 1. The molecule has 0 saturated carbocycles. The van der Waals surface area contributed by atoms with E-state index in [0.29, 0.717) is 36.8 Å². The highest BCUT2D eigenvalue weighted by Crippen LogP contribution is 2.25. The molecule has 0 aliphatic rings. The number of fused-ring (bicyclic) bond motifs is 1. The number of benzene rings is 1. The number of amides is 1. The second-order valence-electron chi connectivity index (χ2n) is 5.24. The third-order valence-corrected chi connectivity index (χ3v) is 3.63. The van der Waals surface area contributed by atoms with E-state index in [4.69, 9.17) is 15.2 Å². The molecule has 0 radical (unpaired) electrons. The summed E-state index contributed by atoms with van der Waals surface area (Å²) in [7, 11) is 1.56. The Hall–Kier alpha value is -3.13. The van der Waals surface area contributed by atoms with Crippen LogP contribution in [0.25, 0.3) is 5.65 Å². The van der Waals surface area contributed by atoms with Crippen molar-refractivity contribution >= 4 is 11.6 Å². The van der Waals surface area contributed by atoms with Gasteiger partial charge in [-0.1, -0.05) is 0 Å². The number of nitrogens with two attached hydrogens (primary N) is 1. The Labute approximate surface area is 144 Å². The van der Waals surface area contributed by atoms with Crippen LogP contribution in [0.15, 0.2) is 43.0 Å². The maximum absolute atomic E-state index is 12.6. The Balaban J connectivity index is 1.76. The molecule has 0 aliphatic heterocycles. The van der Waals surface area contributed by atoms with Gasteiger partial charge >= 0.3 is 0 Å². The average Bonchev–Trinajstić information content (AvgIpc) is 3.07. The Morgan fingerprint density at radius 2 is 2.24 bits per heavy atom. The standard InChI is InChI=1S/C17H19N5O3/c1-24-13-2-3-14(15(8-13)25-7-4-18)17(23)21-10-12-9-20-16-11-19-5-6-22(12)16/h2-3,5-6,8-9,11H,4,7,10,18H2,1H3,(H,21,23). The van der Waals surface area contributed by atoms with Gasteiger partial charge in [-0.05, 0) is 12.1 Å². The summed E-state index contributed by atoms with van der Waals surface area (Å²) in [5.41, 5.74) is 7.47. The zero-order chi connectivity index (χ0) is 17.6. The van der Waals surface area contributed by atoms with E-state index < -0.39 is 0 Å². The van der Waals surface area contributed by atoms with Crippen LogP contribution in [0.4, 0.5) is 0 Å². The minimum atomic E-state index is -0.251. The van der Waals surface area contributed by atoms with Crippen LogP contribution in [0, 0.1) is 0 Å². The van der Waals surface area contributed by atoms with Crippen molar-refractivity contribution < 1.29 is 14.3 Å². The van der Waals surface area contributed by atoms with Crippen molar-refractivity contribution in [3.63, 3.8) is 0 Å². The lowest BCUT2D eigenvalue weighted by Gasteiger charge is -2.12. The summed E-state index contributed by atoms with van der Waals surface area (Å²) in [4.78, 5) is 20.8. The number of ether oxygens (including phenoxy) is 2. The molecule has 2 aromatic heterocycles. The third kappa shape index (κ3) is 3.69. The van der Waals surface area contributed by atoms with Gasteiger partial charge in [0.25, 0.3) is 5.91 Å². The Bertz CT molecular complexity index is 878. The van der Waals surface area contributed by atoms with Crippen LogP contribution in [-0.2, 0) is 6.54 Å². The van der Waals surface area contributed by atoms with Crippen LogP contribution in [0.2, 0.25) is 0 Å². The zero-order valence-electron chi connectivity index (χ0n) is 13.8. The molecule has 1 aromatic carbocycles. The van der Waals surface area contributed by atoms with Gasteiger partial charge in [-0.2, -0.15) is 0 Å². The van der Waals surface area contributed by atoms with E-state index >= 15 is 0 Å². The minimum absolute atomic E-state index is 0.251. The molecular formula is C17H19N5O3. The fourth-order valence-electron chi connectivity index (χ4n) is 2.40. The summed E-state index contributed by atoms with van der Waals surface area (Å²) in [5.74, 6) is 0.793. The van der Waals surface area contributed by atoms with Gasteiger partial charge in [0.2, 0.25) is 0 Å². The van der Waals surface area contributed by atoms with Gasteiger partial charge in [0.05, 0.1) is 37.3 Å². The third-order valence-electron chi connectivity index (χ3n) is 3.63. The highest BCUT2D eigenvalue weighted by atomic mass is 16.5. The molecule has 3 aromatic rings. The highest BCUT2D eigenvalue weighted by Gasteiger charge is 2.14. The van der Waals surface area contributed by atoms with Gasteiger partial charge in [-0.3, -0.25) is 14.2 Å². The summed E-state index contributed by atoms with van der Waals surface area (Å²) in [6.45, 7) is 0.994. The van der Waals surface area contributed by atoms with E-state index in [0.717, 1.165) is 11.3 Å². The minimum Gasteiger partial charge on any atom is -0.497 e. The molecule has 0 unspecified atom stereocenters. The second kappa shape index (κ2) is 7.63. The zero-order valence-corrected chi connectivity index (χ0v) is 13.8. The van der Waals surface area contributed by atoms with E-state index in [9.17, 15) is 4.79 Å². The maximum atomic E-state index is 12.6. The molecule has 3 rings (SSSR count). The van der Waals surface area contributed by atoms with Crippen LogP contribution in [0.5, 0.6) is 11.5 Å². The van der Waals surface area contributed by atoms with Crippen LogP contribution in [-0.4, -0.2) is 40.5 Å². The predicted molar refractivity (Wildman–Crippen MR) is 91.7 cm³/mol. The molecule has 2 heterocycles. The van der Waals surface area contributed by atoms with Crippen molar-refractivity contribution in [2.75, 3.05) is 20.3 Å². The van der Waals surface area contributed by atoms with Crippen molar-refractivity contribution in [3.8, 4) is 11.5 Å². The topological polar surface area (TPSA) is 104 Å². The largest absolute Gasteiger partial charge is 0.497 e. The quantitative estimate of drug-likeness (QED) is 0.664. The van der Waals surface area contributed by atoms with E-state index in [2.05, 4.69) is 15.3 Å². The number of carbonyl (C=O) groups is 1. The molecule has 130 valence electrons. The monoisotopic (exact) mass is 341 g/mol. The van der Waals surface area contributed by atoms with Crippen molar-refractivity contribution in [2.24, 2.45) is 5.73 Å². The van der Waals surface area contributed by atoms with Gasteiger partial charge in [-0.15, -0.1) is 0 Å². The highest BCUT2D eigenvalue weighted by molar-refractivity contribution is 5.97. The van der Waals surface area contributed by atoms with E-state index in [-0.39, 0.29) is 5.91 Å². The molecule has 0 bridgehead atoms. The molecule has 3 N–H and O–H groups in total. The number of aromatic nitrogens is 3. The Morgan fingerprint density at radius 3 is 3.04 bits per heavy atom. The Kier molecular flexibility index (Phi) is 5.10. The van der Waals surface area contributed by atoms with Crippen molar-refractivity contribution in [1.82, 2.24) is 19.7 Å². The molecule has 25 heavy (non-hydrogen) atoms. The molecule has 0 saturated heterocycles. The number of methoxy groups -OCH3 is 1. The first-order valence-electron chi connectivity index (χ1n) is 7.78. The lowest BCUT2D eigenvalue weighted by atomic mass is 10.1. The van der Waals surface area contributed by atoms with Crippen molar-refractivity contribution in [3.05, 3.63) is 54.2 Å². The van der Waals surface area contributed by atoms with Crippen LogP contribution < -0.4 is 20.5 Å². The molecule has 0 aliphatic carbocycles. The van der Waals surface area contributed by atoms with E-state index in [1.165, 1.54) is 0 Å². The first kappa shape index (κ1) is 16.7. The van der Waals surface area contributed by atoms with Gasteiger partial charge in [-0.25, -0.2) is 4.98 Å². The number of nitrogens with zero attached hydrogens (tertiary/aromatic N) is 3. The number of hydrogen-bond acceptors (Lipinski definition) is 6. The molecule has 0 spiro atoms. The smallest absolute Gasteiger partial charge is 0.255 e. The summed E-state index contributed by atoms with van der Waals surface area (Å²) < 4.78 is 12.6. The van der Waals surface area contributed by atoms with E-state index in [1.54, 1.807) is 50.1 Å². The first-order chi connectivity index (χ1) is 12.2. The SMILES string of the molecule is COc1ccc(C(=O)NCc2cnc3cnccn23)c(OCCN)c1. The second-order valence-corrected chi connectivity index (χ2v) is 5.24. The lowest BCUT2D eigenvalue weighted by molar-refractivity contribution is 0.0946. The predicted octanol–water partition coefficient (Wildman–Crippen LogP) is 1.01. The number of hydrogen-bond donors (Lipinski definition) is 2. The van der Waals surface area contributed by atoms with Crippen LogP contribution in [0.3, 0.4) is 0 Å². The van der Waals surface area contributed by atoms with Gasteiger partial charge in [0, 0.05) is 25.0 Å². The number of rotatable bonds is 7. The molecular weight excluding hydrogens is 322 g/mol. The fraction of sp³-hybridized carbons (Fsp3) is 0.235. The first-order valence-corrected chi connectivity index (χ1v) is 7.78. The lowest BCUT2D eigenvalue weighted by Crippen LogP contribution is -2.24. The molecule has 8 heteroatoms. The summed E-state index contributed by atoms with van der Waals surface area (Å²) in [5, 5.41) is 2.88. The van der Waals surface area contributed by atoms with Gasteiger partial charge in [0.1, 0.15) is 18.1 Å². The number of nitrogens with one attached hydrogen (secondary N) is 1. The van der Waals surface area contributed by atoms with Gasteiger partial charge in [0.15, 0.2) is 5.65 Å². The average molecular weight is 341 g/mol.